The molecule has 0 heterocycles. The third-order valence-corrected chi connectivity index (χ3v) is 2.20. The van der Waals surface area contributed by atoms with Crippen LogP contribution in [0, 0.1) is 0 Å². The number of hydrogen-bond donors (Lipinski definition) is 1. The zero-order chi connectivity index (χ0) is 10.3. The average molecular weight is 216 g/mol. The van der Waals surface area contributed by atoms with Gasteiger partial charge in [0.25, 0.3) is 0 Å². The molecule has 80 valence electrons. The summed E-state index contributed by atoms with van der Waals surface area (Å²) in [6.07, 6.45) is 0.827. The summed E-state index contributed by atoms with van der Waals surface area (Å²) in [5.74, 6) is 0.0879. The second-order valence-electron chi connectivity index (χ2n) is 2.74. The topological polar surface area (TPSA) is 29.3 Å². The number of nitrogens with two attached hydrogens (primary N) is 1. The Hall–Kier alpha value is 0.0600. The van der Waals surface area contributed by atoms with Crippen molar-refractivity contribution < 1.29 is 13.2 Å². The van der Waals surface area contributed by atoms with Crippen molar-refractivity contribution in [3.05, 3.63) is 0 Å². The normalized spacial score (nSPS) is 12.5. The number of nitrogens with zero attached hydrogens (tertiary/aromatic N) is 1. The Labute approximate surface area is 80.6 Å². The number of thioether (sulfide) groups is 1. The molecule has 0 aliphatic heterocycles. The Balaban J connectivity index is 3.31. The minimum atomic E-state index is -4.10. The van der Waals surface area contributed by atoms with E-state index in [0.717, 1.165) is 13.0 Å². The summed E-state index contributed by atoms with van der Waals surface area (Å²) in [7, 11) is 1.80. The molecular weight excluding hydrogens is 201 g/mol. The lowest BCUT2D eigenvalue weighted by molar-refractivity contribution is -0.0328. The number of alkyl halides is 3. The van der Waals surface area contributed by atoms with Crippen LogP contribution in [0.25, 0.3) is 0 Å². The smallest absolute Gasteiger partial charge is 0.330 e. The molecule has 0 saturated carbocycles. The van der Waals surface area contributed by atoms with Gasteiger partial charge in [0.05, 0.1) is 0 Å². The van der Waals surface area contributed by atoms with Crippen LogP contribution in [0.2, 0.25) is 0 Å². The quantitative estimate of drug-likeness (QED) is 0.730. The van der Waals surface area contributed by atoms with E-state index in [0.29, 0.717) is 13.1 Å². The fourth-order valence-electron chi connectivity index (χ4n) is 0.790. The van der Waals surface area contributed by atoms with Gasteiger partial charge in [0, 0.05) is 12.3 Å². The molecule has 0 bridgehead atoms. The Morgan fingerprint density at radius 2 is 1.92 bits per heavy atom. The molecule has 0 amide bonds. The van der Waals surface area contributed by atoms with Crippen molar-refractivity contribution in [2.45, 2.75) is 11.9 Å². The van der Waals surface area contributed by atoms with Crippen LogP contribution in [0.5, 0.6) is 0 Å². The Morgan fingerprint density at radius 3 is 2.38 bits per heavy atom. The highest BCUT2D eigenvalue weighted by Crippen LogP contribution is 2.29. The molecule has 0 fully saturated rings. The predicted octanol–water partition coefficient (Wildman–Crippen LogP) is 1.52. The Morgan fingerprint density at radius 1 is 1.31 bits per heavy atom. The summed E-state index contributed by atoms with van der Waals surface area (Å²) in [5.41, 5.74) is 1.16. The van der Waals surface area contributed by atoms with Crippen LogP contribution in [0.15, 0.2) is 0 Å². The van der Waals surface area contributed by atoms with E-state index in [-0.39, 0.29) is 17.5 Å². The maximum Gasteiger partial charge on any atom is 0.441 e. The molecule has 2 nitrogen and oxygen atoms in total. The van der Waals surface area contributed by atoms with Crippen LogP contribution in [-0.4, -0.2) is 42.8 Å². The average Bonchev–Trinajstić information content (AvgIpc) is 1.98. The second kappa shape index (κ2) is 6.50. The van der Waals surface area contributed by atoms with Gasteiger partial charge < -0.3 is 10.6 Å². The van der Waals surface area contributed by atoms with Gasteiger partial charge in [-0.3, -0.25) is 0 Å². The summed E-state index contributed by atoms with van der Waals surface area (Å²) < 4.78 is 35.0. The van der Waals surface area contributed by atoms with Gasteiger partial charge in [-0.05, 0) is 38.3 Å². The highest BCUT2D eigenvalue weighted by atomic mass is 32.2. The molecule has 2 N–H and O–H groups in total. The van der Waals surface area contributed by atoms with Crippen LogP contribution >= 0.6 is 11.8 Å². The van der Waals surface area contributed by atoms with Gasteiger partial charge in [0.1, 0.15) is 0 Å². The Bertz CT molecular complexity index is 129. The van der Waals surface area contributed by atoms with Crippen molar-refractivity contribution in [1.82, 2.24) is 4.90 Å². The molecule has 0 atom stereocenters. The lowest BCUT2D eigenvalue weighted by atomic mass is 10.4. The highest BCUT2D eigenvalue weighted by molar-refractivity contribution is 8.00. The van der Waals surface area contributed by atoms with E-state index < -0.39 is 5.51 Å². The van der Waals surface area contributed by atoms with Crippen LogP contribution in [0.4, 0.5) is 13.2 Å². The summed E-state index contributed by atoms with van der Waals surface area (Å²) in [4.78, 5) is 1.85. The molecule has 0 spiro atoms. The van der Waals surface area contributed by atoms with Crippen LogP contribution in [-0.2, 0) is 0 Å². The van der Waals surface area contributed by atoms with Crippen molar-refractivity contribution in [2.75, 3.05) is 32.4 Å². The van der Waals surface area contributed by atoms with E-state index in [9.17, 15) is 13.2 Å². The van der Waals surface area contributed by atoms with Gasteiger partial charge in [0.2, 0.25) is 0 Å². The van der Waals surface area contributed by atoms with Crippen LogP contribution < -0.4 is 5.73 Å². The third-order valence-electron chi connectivity index (χ3n) is 1.48. The molecule has 0 aliphatic carbocycles. The number of rotatable bonds is 6. The first-order valence-electron chi connectivity index (χ1n) is 4.05. The zero-order valence-corrected chi connectivity index (χ0v) is 8.42. The summed E-state index contributed by atoms with van der Waals surface area (Å²) in [5, 5.41) is 0. The first-order chi connectivity index (χ1) is 5.95. The monoisotopic (exact) mass is 216 g/mol. The van der Waals surface area contributed by atoms with E-state index in [2.05, 4.69) is 0 Å². The van der Waals surface area contributed by atoms with Gasteiger partial charge in [-0.1, -0.05) is 0 Å². The molecule has 0 radical (unpaired) electrons. The van der Waals surface area contributed by atoms with Crippen molar-refractivity contribution in [3.63, 3.8) is 0 Å². The zero-order valence-electron chi connectivity index (χ0n) is 7.60. The SMILES string of the molecule is CN(CCCN)CCSC(F)(F)F. The van der Waals surface area contributed by atoms with Gasteiger partial charge in [-0.2, -0.15) is 13.2 Å². The van der Waals surface area contributed by atoms with Gasteiger partial charge in [0.15, 0.2) is 0 Å². The lowest BCUT2D eigenvalue weighted by Crippen LogP contribution is -2.25. The summed E-state index contributed by atoms with van der Waals surface area (Å²) in [6, 6.07) is 0. The van der Waals surface area contributed by atoms with Crippen molar-refractivity contribution in [1.29, 1.82) is 0 Å². The van der Waals surface area contributed by atoms with Crippen LogP contribution in [0.3, 0.4) is 0 Å². The minimum absolute atomic E-state index is 0.0224. The lowest BCUT2D eigenvalue weighted by Gasteiger charge is -2.15. The molecule has 0 aromatic heterocycles. The summed E-state index contributed by atoms with van der Waals surface area (Å²) in [6.45, 7) is 1.79. The van der Waals surface area contributed by atoms with E-state index >= 15 is 0 Å². The third kappa shape index (κ3) is 9.98. The first kappa shape index (κ1) is 13.1. The van der Waals surface area contributed by atoms with E-state index in [1.54, 1.807) is 7.05 Å². The van der Waals surface area contributed by atoms with Gasteiger partial charge in [-0.25, -0.2) is 0 Å². The van der Waals surface area contributed by atoms with E-state index in [1.165, 1.54) is 0 Å². The predicted molar refractivity (Wildman–Crippen MR) is 49.7 cm³/mol. The molecule has 0 saturated heterocycles. The van der Waals surface area contributed by atoms with Crippen molar-refractivity contribution >= 4 is 11.8 Å². The summed E-state index contributed by atoms with van der Waals surface area (Å²) >= 11 is 0.0224. The fraction of sp³-hybridized carbons (Fsp3) is 1.00. The van der Waals surface area contributed by atoms with Crippen molar-refractivity contribution in [3.8, 4) is 0 Å². The molecule has 0 aromatic rings. The second-order valence-corrected chi connectivity index (χ2v) is 3.90. The largest absolute Gasteiger partial charge is 0.441 e. The minimum Gasteiger partial charge on any atom is -0.330 e. The molecule has 0 aromatic carbocycles. The van der Waals surface area contributed by atoms with Gasteiger partial charge >= 0.3 is 5.51 Å². The van der Waals surface area contributed by atoms with Crippen molar-refractivity contribution in [2.24, 2.45) is 5.73 Å². The highest BCUT2D eigenvalue weighted by Gasteiger charge is 2.27. The van der Waals surface area contributed by atoms with E-state index in [1.807, 2.05) is 4.90 Å². The number of hydrogen-bond acceptors (Lipinski definition) is 3. The number of halogens is 3. The van der Waals surface area contributed by atoms with Crippen LogP contribution in [0.1, 0.15) is 6.42 Å². The van der Waals surface area contributed by atoms with E-state index in [4.69, 9.17) is 5.73 Å². The molecule has 0 aliphatic rings. The molecule has 6 heteroatoms. The fourth-order valence-corrected chi connectivity index (χ4v) is 1.42. The maximum absolute atomic E-state index is 11.7. The first-order valence-corrected chi connectivity index (χ1v) is 5.03. The molecule has 0 unspecified atom stereocenters. The maximum atomic E-state index is 11.7. The standard InChI is InChI=1S/C7H15F3N2S/c1-12(4-2-3-11)5-6-13-7(8,9)10/h2-6,11H2,1H3. The molecule has 13 heavy (non-hydrogen) atoms. The van der Waals surface area contributed by atoms with Gasteiger partial charge in [-0.15, -0.1) is 0 Å². The Kier molecular flexibility index (Phi) is 6.53. The molecule has 0 rings (SSSR count). The molecular formula is C7H15F3N2S.